The second-order valence-electron chi connectivity index (χ2n) is 9.84. The van der Waals surface area contributed by atoms with Crippen molar-refractivity contribution in [2.24, 2.45) is 17.3 Å². The molecular weight excluding hydrogens is 491 g/mol. The van der Waals surface area contributed by atoms with Gasteiger partial charge in [0.15, 0.2) is 0 Å². The number of carboxylic acids is 1. The Kier molecular flexibility index (Phi) is 9.58. The smallest absolute Gasteiger partial charge is 0.489 e. The van der Waals surface area contributed by atoms with Gasteiger partial charge in [-0.15, -0.1) is 0 Å². The number of halogens is 3. The van der Waals surface area contributed by atoms with Gasteiger partial charge < -0.3 is 25.4 Å². The molecule has 1 spiro atoms. The van der Waals surface area contributed by atoms with Crippen LogP contribution in [0.1, 0.15) is 43.0 Å². The van der Waals surface area contributed by atoms with E-state index in [-0.39, 0.29) is 17.2 Å². The summed E-state index contributed by atoms with van der Waals surface area (Å²) in [5.41, 5.74) is 0.217. The number of piperidine rings is 1. The van der Waals surface area contributed by atoms with Crippen molar-refractivity contribution in [3.05, 3.63) is 42.0 Å². The van der Waals surface area contributed by atoms with Gasteiger partial charge in [-0.05, 0) is 56.2 Å². The van der Waals surface area contributed by atoms with Crippen molar-refractivity contribution in [3.8, 4) is 5.75 Å². The van der Waals surface area contributed by atoms with E-state index in [1.54, 1.807) is 6.07 Å². The molecule has 3 aliphatic heterocycles. The van der Waals surface area contributed by atoms with Crippen molar-refractivity contribution < 1.29 is 37.4 Å². The summed E-state index contributed by atoms with van der Waals surface area (Å²) in [7, 11) is 0. The van der Waals surface area contributed by atoms with Crippen LogP contribution in [0, 0.1) is 17.3 Å². The SMILES string of the molecule is C[C@@H]1CN2C[C@H]1CCNC(=O)c1ccccc1OC/C=C/CC1(CCCNC1)C2=O.O=C(O)C(F)(F)F. The standard InChI is InChI=1S/C24H33N3O3.C2HF3O2/c1-18-15-27-16-19(18)9-13-26-22(28)20-7-2-3-8-21(20)30-14-5-4-10-24(23(27)29)11-6-12-25-17-24;3-2(4,5)1(6)7/h2-5,7-8,18-19,25H,6,9-17H2,1H3,(H,26,28);(H,6,7)/b5-4+;/t18-,19-,24?;/m1./s1. The van der Waals surface area contributed by atoms with Gasteiger partial charge in [0.1, 0.15) is 12.4 Å². The van der Waals surface area contributed by atoms with Crippen LogP contribution in [0.5, 0.6) is 5.75 Å². The van der Waals surface area contributed by atoms with Crippen LogP contribution in [0.2, 0.25) is 0 Å². The Morgan fingerprint density at radius 2 is 1.89 bits per heavy atom. The van der Waals surface area contributed by atoms with Gasteiger partial charge in [0.05, 0.1) is 11.0 Å². The Morgan fingerprint density at radius 1 is 1.16 bits per heavy atom. The third-order valence-electron chi connectivity index (χ3n) is 7.17. The molecule has 1 unspecified atom stereocenters. The molecular formula is C26H34F3N3O5. The fraction of sp³-hybridized carbons (Fsp3) is 0.577. The Hall–Kier alpha value is -3.08. The van der Waals surface area contributed by atoms with Gasteiger partial charge in [-0.25, -0.2) is 4.79 Å². The first-order valence-corrected chi connectivity index (χ1v) is 12.5. The van der Waals surface area contributed by atoms with E-state index in [4.69, 9.17) is 14.6 Å². The zero-order chi connectivity index (χ0) is 27.1. The largest absolute Gasteiger partial charge is 0.490 e. The van der Waals surface area contributed by atoms with Crippen molar-refractivity contribution in [1.82, 2.24) is 15.5 Å². The van der Waals surface area contributed by atoms with E-state index >= 15 is 0 Å². The number of carboxylic acid groups (broad SMARTS) is 1. The van der Waals surface area contributed by atoms with E-state index in [9.17, 15) is 22.8 Å². The summed E-state index contributed by atoms with van der Waals surface area (Å²) in [5.74, 6) is -1.12. The minimum atomic E-state index is -5.08. The number of benzene rings is 1. The lowest BCUT2D eigenvalue weighted by atomic mass is 9.76. The van der Waals surface area contributed by atoms with Crippen LogP contribution < -0.4 is 15.4 Å². The molecule has 0 aliphatic carbocycles. The quantitative estimate of drug-likeness (QED) is 0.449. The Balaban J connectivity index is 0.000000479. The molecule has 2 amide bonds. The average molecular weight is 526 g/mol. The Labute approximate surface area is 214 Å². The summed E-state index contributed by atoms with van der Waals surface area (Å²) in [6, 6.07) is 7.38. The average Bonchev–Trinajstić information content (AvgIpc) is 3.23. The molecule has 37 heavy (non-hydrogen) atoms. The number of amides is 2. The van der Waals surface area contributed by atoms with Crippen LogP contribution in [-0.2, 0) is 9.59 Å². The molecule has 3 heterocycles. The van der Waals surface area contributed by atoms with Crippen LogP contribution in [-0.4, -0.2) is 73.3 Å². The highest BCUT2D eigenvalue weighted by atomic mass is 19.4. The first kappa shape index (κ1) is 28.5. The molecule has 2 fully saturated rings. The normalized spacial score (nSPS) is 27.8. The Bertz CT molecular complexity index is 992. The topological polar surface area (TPSA) is 108 Å². The van der Waals surface area contributed by atoms with Gasteiger partial charge in [0.2, 0.25) is 5.91 Å². The van der Waals surface area contributed by atoms with Crippen LogP contribution >= 0.6 is 0 Å². The molecule has 2 saturated heterocycles. The van der Waals surface area contributed by atoms with Gasteiger partial charge in [-0.2, -0.15) is 13.2 Å². The fourth-order valence-corrected chi connectivity index (χ4v) is 5.08. The van der Waals surface area contributed by atoms with Gasteiger partial charge in [-0.1, -0.05) is 31.2 Å². The van der Waals surface area contributed by atoms with Crippen molar-refractivity contribution in [3.63, 3.8) is 0 Å². The zero-order valence-electron chi connectivity index (χ0n) is 20.9. The van der Waals surface area contributed by atoms with E-state index < -0.39 is 12.1 Å². The zero-order valence-corrected chi connectivity index (χ0v) is 20.9. The molecule has 1 aromatic carbocycles. The third-order valence-corrected chi connectivity index (χ3v) is 7.17. The third kappa shape index (κ3) is 7.47. The van der Waals surface area contributed by atoms with Crippen LogP contribution in [0.15, 0.2) is 36.4 Å². The summed E-state index contributed by atoms with van der Waals surface area (Å²) in [5, 5.41) is 13.6. The molecule has 4 rings (SSSR count). The van der Waals surface area contributed by atoms with E-state index in [1.807, 2.05) is 24.3 Å². The number of hydrogen-bond donors (Lipinski definition) is 3. The molecule has 11 heteroatoms. The molecule has 3 atom stereocenters. The number of fused-ring (bicyclic) bond motifs is 3. The number of nitrogens with one attached hydrogen (secondary N) is 2. The van der Waals surface area contributed by atoms with Gasteiger partial charge in [-0.3, -0.25) is 9.59 Å². The summed E-state index contributed by atoms with van der Waals surface area (Å²) < 4.78 is 37.6. The molecule has 2 bridgehead atoms. The van der Waals surface area contributed by atoms with Gasteiger partial charge in [0, 0.05) is 26.2 Å². The number of hydrogen-bond acceptors (Lipinski definition) is 5. The highest BCUT2D eigenvalue weighted by Gasteiger charge is 2.44. The first-order valence-electron chi connectivity index (χ1n) is 12.5. The molecule has 3 N–H and O–H groups in total. The highest BCUT2D eigenvalue weighted by Crippen LogP contribution is 2.36. The molecule has 1 aromatic rings. The maximum atomic E-state index is 13.6. The number of carbonyl (C=O) groups excluding carboxylic acids is 2. The minimum absolute atomic E-state index is 0.104. The second-order valence-corrected chi connectivity index (χ2v) is 9.84. The van der Waals surface area contributed by atoms with E-state index in [1.165, 1.54) is 0 Å². The van der Waals surface area contributed by atoms with Gasteiger partial charge in [0.25, 0.3) is 5.91 Å². The number of allylic oxidation sites excluding steroid dienone is 1. The highest BCUT2D eigenvalue weighted by molar-refractivity contribution is 5.96. The summed E-state index contributed by atoms with van der Waals surface area (Å²) in [6.45, 7) is 6.54. The van der Waals surface area contributed by atoms with Crippen molar-refractivity contribution in [2.75, 3.05) is 39.3 Å². The number of ether oxygens (including phenoxy) is 1. The Morgan fingerprint density at radius 3 is 2.57 bits per heavy atom. The number of rotatable bonds is 0. The molecule has 0 saturated carbocycles. The molecule has 0 radical (unpaired) electrons. The van der Waals surface area contributed by atoms with E-state index in [2.05, 4.69) is 28.5 Å². The van der Waals surface area contributed by atoms with Gasteiger partial charge >= 0.3 is 12.1 Å². The number of carbonyl (C=O) groups is 3. The maximum Gasteiger partial charge on any atom is 0.490 e. The fourth-order valence-electron chi connectivity index (χ4n) is 5.08. The number of para-hydroxylation sites is 1. The maximum absolute atomic E-state index is 13.6. The molecule has 8 nitrogen and oxygen atoms in total. The van der Waals surface area contributed by atoms with Crippen LogP contribution in [0.4, 0.5) is 13.2 Å². The molecule has 0 aromatic heterocycles. The number of nitrogens with zero attached hydrogens (tertiary/aromatic N) is 1. The minimum Gasteiger partial charge on any atom is -0.489 e. The second kappa shape index (κ2) is 12.4. The van der Waals surface area contributed by atoms with E-state index in [0.29, 0.717) is 36.3 Å². The summed E-state index contributed by atoms with van der Waals surface area (Å²) >= 11 is 0. The van der Waals surface area contributed by atoms with Crippen LogP contribution in [0.3, 0.4) is 0 Å². The van der Waals surface area contributed by atoms with E-state index in [0.717, 1.165) is 51.9 Å². The lowest BCUT2D eigenvalue weighted by Crippen LogP contribution is -2.51. The molecule has 3 aliphatic rings. The monoisotopic (exact) mass is 525 g/mol. The van der Waals surface area contributed by atoms with Crippen molar-refractivity contribution in [1.29, 1.82) is 0 Å². The lowest BCUT2D eigenvalue weighted by molar-refractivity contribution is -0.192. The molecule has 204 valence electrons. The van der Waals surface area contributed by atoms with Crippen molar-refractivity contribution >= 4 is 17.8 Å². The predicted octanol–water partition coefficient (Wildman–Crippen LogP) is 3.24. The predicted molar refractivity (Wildman–Crippen MR) is 130 cm³/mol. The van der Waals surface area contributed by atoms with Crippen LogP contribution in [0.25, 0.3) is 0 Å². The number of alkyl halides is 3. The summed E-state index contributed by atoms with van der Waals surface area (Å²) in [4.78, 5) is 37.2. The summed E-state index contributed by atoms with van der Waals surface area (Å²) in [6.07, 6.45) is 2.53. The first-order chi connectivity index (χ1) is 17.5. The number of aliphatic carboxylic acids is 1. The van der Waals surface area contributed by atoms with Crippen molar-refractivity contribution in [2.45, 2.75) is 38.8 Å². The lowest BCUT2D eigenvalue weighted by Gasteiger charge is -2.38.